The third-order valence-electron chi connectivity index (χ3n) is 2.54. The van der Waals surface area contributed by atoms with Crippen LogP contribution in [-0.2, 0) is 11.2 Å². The zero-order valence-corrected chi connectivity index (χ0v) is 11.5. The summed E-state index contributed by atoms with van der Waals surface area (Å²) in [5.74, 6) is 0.473. The quantitative estimate of drug-likeness (QED) is 0.803. The molecule has 0 saturated heterocycles. The Morgan fingerprint density at radius 2 is 2.12 bits per heavy atom. The number of carbonyl (C=O) groups excluding carboxylic acids is 1. The molecule has 0 aliphatic heterocycles. The fraction of sp³-hybridized carbons (Fsp3) is 0.500. The van der Waals surface area contributed by atoms with Gasteiger partial charge in [0, 0.05) is 17.8 Å². The Balaban J connectivity index is 2.44. The lowest BCUT2D eigenvalue weighted by Crippen LogP contribution is -2.44. The van der Waals surface area contributed by atoms with Gasteiger partial charge in [-0.15, -0.1) is 11.6 Å². The van der Waals surface area contributed by atoms with Gasteiger partial charge in [-0.25, -0.2) is 0 Å². The van der Waals surface area contributed by atoms with Crippen molar-refractivity contribution in [1.29, 1.82) is 0 Å². The fourth-order valence-electron chi connectivity index (χ4n) is 1.60. The number of amides is 1. The lowest BCUT2D eigenvalue weighted by atomic mass is 10.1. The van der Waals surface area contributed by atoms with Crippen LogP contribution in [0.15, 0.2) is 24.3 Å². The Bertz CT molecular complexity index is 388. The van der Waals surface area contributed by atoms with Crippen molar-refractivity contribution in [1.82, 2.24) is 5.32 Å². The fourth-order valence-corrected chi connectivity index (χ4v) is 1.67. The molecule has 1 amide bonds. The van der Waals surface area contributed by atoms with E-state index in [0.29, 0.717) is 12.3 Å². The monoisotopic (exact) mass is 253 g/mol. The number of aryl methyl sites for hydroxylation is 2. The number of hydrogen-bond donors (Lipinski definition) is 1. The summed E-state index contributed by atoms with van der Waals surface area (Å²) in [7, 11) is 0. The minimum Gasteiger partial charge on any atom is -0.350 e. The van der Waals surface area contributed by atoms with Gasteiger partial charge in [0.25, 0.3) is 0 Å². The molecule has 0 aliphatic carbocycles. The number of rotatable bonds is 5. The van der Waals surface area contributed by atoms with Crippen molar-refractivity contribution in [3.05, 3.63) is 35.4 Å². The van der Waals surface area contributed by atoms with Crippen LogP contribution in [0.5, 0.6) is 0 Å². The maximum absolute atomic E-state index is 11.7. The minimum absolute atomic E-state index is 0.0529. The molecule has 0 aliphatic rings. The van der Waals surface area contributed by atoms with E-state index in [4.69, 9.17) is 11.6 Å². The number of benzene rings is 1. The molecule has 1 aromatic rings. The van der Waals surface area contributed by atoms with Crippen molar-refractivity contribution in [2.75, 3.05) is 5.88 Å². The molecule has 0 saturated carbocycles. The van der Waals surface area contributed by atoms with E-state index < -0.39 is 0 Å². The van der Waals surface area contributed by atoms with E-state index in [1.165, 1.54) is 11.1 Å². The molecule has 17 heavy (non-hydrogen) atoms. The first kappa shape index (κ1) is 14.0. The lowest BCUT2D eigenvalue weighted by Gasteiger charge is -2.23. The number of alkyl halides is 1. The Kier molecular flexibility index (Phi) is 5.01. The highest BCUT2D eigenvalue weighted by atomic mass is 35.5. The van der Waals surface area contributed by atoms with Gasteiger partial charge in [0.2, 0.25) is 5.91 Å². The number of halogens is 1. The first-order valence-electron chi connectivity index (χ1n) is 5.85. The van der Waals surface area contributed by atoms with Gasteiger partial charge in [0.05, 0.1) is 0 Å². The lowest BCUT2D eigenvalue weighted by molar-refractivity contribution is -0.122. The molecular weight excluding hydrogens is 234 g/mol. The van der Waals surface area contributed by atoms with E-state index in [2.05, 4.69) is 24.4 Å². The molecule has 2 nitrogen and oxygen atoms in total. The normalized spacial score (nSPS) is 11.3. The third-order valence-corrected chi connectivity index (χ3v) is 3.20. The van der Waals surface area contributed by atoms with Crippen molar-refractivity contribution in [2.24, 2.45) is 0 Å². The van der Waals surface area contributed by atoms with E-state index in [1.807, 2.05) is 26.0 Å². The molecule has 3 heteroatoms. The Morgan fingerprint density at radius 3 is 2.71 bits per heavy atom. The average molecular weight is 254 g/mol. The van der Waals surface area contributed by atoms with Gasteiger partial charge in [-0.05, 0) is 32.8 Å². The van der Waals surface area contributed by atoms with Crippen LogP contribution in [0, 0.1) is 6.92 Å². The molecule has 0 spiro atoms. The second kappa shape index (κ2) is 6.06. The van der Waals surface area contributed by atoms with E-state index in [0.717, 1.165) is 6.42 Å². The smallest absolute Gasteiger partial charge is 0.220 e. The highest BCUT2D eigenvalue weighted by Crippen LogP contribution is 2.08. The highest BCUT2D eigenvalue weighted by molar-refractivity contribution is 6.18. The standard InChI is InChI=1S/C14H20ClNO/c1-11-5-4-6-12(9-11)7-8-13(17)16-14(2,3)10-15/h4-6,9H,7-8,10H2,1-3H3,(H,16,17). The summed E-state index contributed by atoms with van der Waals surface area (Å²) in [6.07, 6.45) is 1.27. The summed E-state index contributed by atoms with van der Waals surface area (Å²) in [6.45, 7) is 5.90. The number of hydrogen-bond acceptors (Lipinski definition) is 1. The van der Waals surface area contributed by atoms with E-state index in [9.17, 15) is 4.79 Å². The van der Waals surface area contributed by atoms with Crippen molar-refractivity contribution < 1.29 is 4.79 Å². The second-order valence-corrected chi connectivity index (χ2v) is 5.32. The van der Waals surface area contributed by atoms with E-state index >= 15 is 0 Å². The van der Waals surface area contributed by atoms with Crippen molar-refractivity contribution >= 4 is 17.5 Å². The molecule has 0 unspecified atom stereocenters. The van der Waals surface area contributed by atoms with Crippen molar-refractivity contribution in [2.45, 2.75) is 39.2 Å². The van der Waals surface area contributed by atoms with Crippen LogP contribution in [0.3, 0.4) is 0 Å². The largest absolute Gasteiger partial charge is 0.350 e. The van der Waals surface area contributed by atoms with Crippen LogP contribution in [0.25, 0.3) is 0 Å². The predicted octanol–water partition coefficient (Wildman–Crippen LogP) is 3.06. The summed E-state index contributed by atoms with van der Waals surface area (Å²) in [4.78, 5) is 11.7. The predicted molar refractivity (Wildman–Crippen MR) is 72.4 cm³/mol. The summed E-state index contributed by atoms with van der Waals surface area (Å²) < 4.78 is 0. The molecular formula is C14H20ClNO. The maximum Gasteiger partial charge on any atom is 0.220 e. The first-order valence-corrected chi connectivity index (χ1v) is 6.39. The zero-order chi connectivity index (χ0) is 12.9. The van der Waals surface area contributed by atoms with Gasteiger partial charge in [0.1, 0.15) is 0 Å². The van der Waals surface area contributed by atoms with Gasteiger partial charge in [-0.1, -0.05) is 29.8 Å². The summed E-state index contributed by atoms with van der Waals surface area (Å²) in [5, 5.41) is 2.92. The molecule has 1 N–H and O–H groups in total. The van der Waals surface area contributed by atoms with E-state index in [1.54, 1.807) is 0 Å². The molecule has 0 heterocycles. The SMILES string of the molecule is Cc1cccc(CCC(=O)NC(C)(C)CCl)c1. The van der Waals surface area contributed by atoms with Crippen molar-refractivity contribution in [3.8, 4) is 0 Å². The molecule has 94 valence electrons. The van der Waals surface area contributed by atoms with Crippen LogP contribution in [-0.4, -0.2) is 17.3 Å². The molecule has 0 bridgehead atoms. The highest BCUT2D eigenvalue weighted by Gasteiger charge is 2.18. The molecule has 0 radical (unpaired) electrons. The van der Waals surface area contributed by atoms with Crippen LogP contribution >= 0.6 is 11.6 Å². The van der Waals surface area contributed by atoms with Crippen LogP contribution in [0.4, 0.5) is 0 Å². The topological polar surface area (TPSA) is 29.1 Å². The first-order chi connectivity index (χ1) is 7.93. The average Bonchev–Trinajstić information content (AvgIpc) is 2.26. The molecule has 0 aromatic heterocycles. The number of nitrogens with one attached hydrogen (secondary N) is 1. The zero-order valence-electron chi connectivity index (χ0n) is 10.7. The molecule has 1 aromatic carbocycles. The summed E-state index contributed by atoms with van der Waals surface area (Å²) >= 11 is 5.76. The van der Waals surface area contributed by atoms with Crippen LogP contribution in [0.2, 0.25) is 0 Å². The summed E-state index contributed by atoms with van der Waals surface area (Å²) in [5.41, 5.74) is 2.10. The Labute approximate surface area is 108 Å². The Morgan fingerprint density at radius 1 is 1.41 bits per heavy atom. The minimum atomic E-state index is -0.328. The van der Waals surface area contributed by atoms with E-state index in [-0.39, 0.29) is 11.4 Å². The molecule has 0 atom stereocenters. The van der Waals surface area contributed by atoms with Gasteiger partial charge in [-0.2, -0.15) is 0 Å². The second-order valence-electron chi connectivity index (χ2n) is 5.05. The van der Waals surface area contributed by atoms with Gasteiger partial charge in [-0.3, -0.25) is 4.79 Å². The third kappa shape index (κ3) is 5.22. The summed E-state index contributed by atoms with van der Waals surface area (Å²) in [6, 6.07) is 8.23. The number of carbonyl (C=O) groups is 1. The Hall–Kier alpha value is -1.02. The van der Waals surface area contributed by atoms with Crippen LogP contribution < -0.4 is 5.32 Å². The van der Waals surface area contributed by atoms with Gasteiger partial charge in [0.15, 0.2) is 0 Å². The maximum atomic E-state index is 11.7. The van der Waals surface area contributed by atoms with Crippen LogP contribution in [0.1, 0.15) is 31.4 Å². The molecule has 0 fully saturated rings. The molecule has 1 rings (SSSR count). The van der Waals surface area contributed by atoms with Crippen molar-refractivity contribution in [3.63, 3.8) is 0 Å². The van der Waals surface area contributed by atoms with Gasteiger partial charge >= 0.3 is 0 Å². The van der Waals surface area contributed by atoms with Gasteiger partial charge < -0.3 is 5.32 Å².